The monoisotopic (exact) mass is 708 g/mol. The number of benzene rings is 2. The molecule has 5 rings (SSSR count). The molecule has 0 bridgehead atoms. The van der Waals surface area contributed by atoms with Gasteiger partial charge in [-0.1, -0.05) is 32.1 Å². The smallest absolute Gasteiger partial charge is 0.359 e. The number of aromatic nitrogens is 2. The molecule has 14 nitrogen and oxygen atoms in total. The average molecular weight is 709 g/mol. The van der Waals surface area contributed by atoms with Crippen LogP contribution < -0.4 is 5.01 Å². The lowest BCUT2D eigenvalue weighted by molar-refractivity contribution is -0.135. The normalized spacial score (nSPS) is 17.0. The van der Waals surface area contributed by atoms with Crippen LogP contribution in [0.4, 0.5) is 5.69 Å². The standard InChI is InChI=1S/C38H36N4O10/c1-5-51-36(49)30-28(32(43)41(39-30)26-13-9-24(10-14-26)34(45)46)17-7-22-19-23(21-38(3,4)20-22)8-18-29-31(37(50)52-6-2)40-42(33(29)44)27-15-11-25(12-16-27)35(47)48/h7-19,43H,5-6,20-21H2,1-4H3,(H,45,46)(H,47,48)/b17-7+,23-8-,29-18+. The van der Waals surface area contributed by atoms with E-state index >= 15 is 0 Å². The second-order valence-corrected chi connectivity index (χ2v) is 12.6. The first-order valence-electron chi connectivity index (χ1n) is 16.3. The summed E-state index contributed by atoms with van der Waals surface area (Å²) in [4.78, 5) is 61.9. The topological polar surface area (TPSA) is 198 Å². The number of ether oxygens (including phenoxy) is 2. The lowest BCUT2D eigenvalue weighted by Crippen LogP contribution is -2.23. The van der Waals surface area contributed by atoms with Gasteiger partial charge in [-0.05, 0) is 104 Å². The third kappa shape index (κ3) is 7.91. The van der Waals surface area contributed by atoms with Gasteiger partial charge in [0.2, 0.25) is 5.88 Å². The number of hydrogen-bond donors (Lipinski definition) is 3. The Morgan fingerprint density at radius 1 is 0.827 bits per heavy atom. The molecular formula is C38H36N4O10. The molecule has 1 aromatic heterocycles. The molecule has 0 saturated heterocycles. The Kier molecular flexibility index (Phi) is 10.7. The van der Waals surface area contributed by atoms with Crippen LogP contribution >= 0.6 is 0 Å². The predicted molar refractivity (Wildman–Crippen MR) is 189 cm³/mol. The minimum atomic E-state index is -1.13. The van der Waals surface area contributed by atoms with Crippen LogP contribution in [-0.2, 0) is 19.1 Å². The molecule has 14 heteroatoms. The lowest BCUT2D eigenvalue weighted by atomic mass is 9.75. The molecule has 1 amide bonds. The number of carbonyl (C=O) groups is 5. The number of aromatic hydroxyl groups is 1. The molecule has 2 aliphatic rings. The van der Waals surface area contributed by atoms with Gasteiger partial charge in [0.1, 0.15) is 0 Å². The summed E-state index contributed by atoms with van der Waals surface area (Å²) in [5.74, 6) is -4.74. The number of hydrazone groups is 1. The van der Waals surface area contributed by atoms with Gasteiger partial charge in [-0.2, -0.15) is 19.9 Å². The highest BCUT2D eigenvalue weighted by Crippen LogP contribution is 2.39. The van der Waals surface area contributed by atoms with Crippen molar-refractivity contribution in [2.45, 2.75) is 40.5 Å². The number of amides is 1. The van der Waals surface area contributed by atoms with Gasteiger partial charge in [0.15, 0.2) is 11.4 Å². The van der Waals surface area contributed by atoms with Gasteiger partial charge < -0.3 is 24.8 Å². The van der Waals surface area contributed by atoms with Crippen LogP contribution in [0.5, 0.6) is 5.88 Å². The molecule has 3 N–H and O–H groups in total. The Morgan fingerprint density at radius 3 is 1.98 bits per heavy atom. The fourth-order valence-corrected chi connectivity index (χ4v) is 5.79. The zero-order valence-corrected chi connectivity index (χ0v) is 28.8. The van der Waals surface area contributed by atoms with E-state index in [1.165, 1.54) is 54.6 Å². The zero-order chi connectivity index (χ0) is 37.7. The van der Waals surface area contributed by atoms with Crippen molar-refractivity contribution in [2.75, 3.05) is 18.2 Å². The van der Waals surface area contributed by atoms with Gasteiger partial charge in [-0.25, -0.2) is 19.2 Å². The van der Waals surface area contributed by atoms with Crippen LogP contribution in [0.25, 0.3) is 11.8 Å². The van der Waals surface area contributed by atoms with Gasteiger partial charge in [0, 0.05) is 0 Å². The van der Waals surface area contributed by atoms with Gasteiger partial charge in [-0.15, -0.1) is 0 Å². The summed E-state index contributed by atoms with van der Waals surface area (Å²) in [5, 5.41) is 39.2. The van der Waals surface area contributed by atoms with Crippen molar-refractivity contribution in [3.63, 3.8) is 0 Å². The Labute approximate surface area is 298 Å². The van der Waals surface area contributed by atoms with Crippen LogP contribution in [-0.4, -0.2) is 73.8 Å². The van der Waals surface area contributed by atoms with Crippen molar-refractivity contribution < 1.29 is 48.8 Å². The van der Waals surface area contributed by atoms with Crippen molar-refractivity contribution in [3.05, 3.63) is 112 Å². The second-order valence-electron chi connectivity index (χ2n) is 12.6. The van der Waals surface area contributed by atoms with Gasteiger partial charge in [0.25, 0.3) is 5.91 Å². The third-order valence-electron chi connectivity index (χ3n) is 8.09. The molecule has 0 atom stereocenters. The van der Waals surface area contributed by atoms with Crippen molar-refractivity contribution >= 4 is 47.3 Å². The van der Waals surface area contributed by atoms with E-state index < -0.39 is 29.8 Å². The summed E-state index contributed by atoms with van der Waals surface area (Å²) in [6.45, 7) is 7.53. The van der Waals surface area contributed by atoms with Crippen molar-refractivity contribution in [1.82, 2.24) is 9.78 Å². The molecule has 268 valence electrons. The fraction of sp³-hybridized carbons (Fsp3) is 0.237. The van der Waals surface area contributed by atoms with Crippen LogP contribution in [0.3, 0.4) is 0 Å². The first kappa shape index (κ1) is 36.7. The highest BCUT2D eigenvalue weighted by Gasteiger charge is 2.36. The molecule has 1 aliphatic heterocycles. The summed E-state index contributed by atoms with van der Waals surface area (Å²) in [6, 6.07) is 11.1. The van der Waals surface area contributed by atoms with E-state index in [4.69, 9.17) is 9.47 Å². The number of nitrogens with zero attached hydrogens (tertiary/aromatic N) is 4. The molecule has 52 heavy (non-hydrogen) atoms. The minimum Gasteiger partial charge on any atom is -0.493 e. The van der Waals surface area contributed by atoms with Gasteiger partial charge in [0.05, 0.1) is 46.9 Å². The van der Waals surface area contributed by atoms with E-state index in [-0.39, 0.29) is 63.9 Å². The van der Waals surface area contributed by atoms with E-state index in [9.17, 15) is 39.3 Å². The highest BCUT2D eigenvalue weighted by molar-refractivity contribution is 6.53. The Hall–Kier alpha value is -6.57. The molecule has 1 aliphatic carbocycles. The second kappa shape index (κ2) is 15.1. The summed E-state index contributed by atoms with van der Waals surface area (Å²) in [6.07, 6.45) is 9.65. The molecule has 0 spiro atoms. The quantitative estimate of drug-likeness (QED) is 0.162. The van der Waals surface area contributed by atoms with Crippen molar-refractivity contribution in [1.29, 1.82) is 0 Å². The number of rotatable bonds is 11. The summed E-state index contributed by atoms with van der Waals surface area (Å²) in [5.41, 5.74) is 1.81. The minimum absolute atomic E-state index is 0.00469. The first-order valence-corrected chi connectivity index (χ1v) is 16.3. The molecule has 0 unspecified atom stereocenters. The molecule has 0 fully saturated rings. The number of esters is 2. The number of carboxylic acids is 2. The molecular weight excluding hydrogens is 672 g/mol. The van der Waals surface area contributed by atoms with Gasteiger partial charge >= 0.3 is 23.9 Å². The van der Waals surface area contributed by atoms with Crippen molar-refractivity contribution in [3.8, 4) is 11.6 Å². The molecule has 2 heterocycles. The maximum absolute atomic E-state index is 13.6. The maximum Gasteiger partial charge on any atom is 0.359 e. The van der Waals surface area contributed by atoms with Crippen LogP contribution in [0.2, 0.25) is 0 Å². The van der Waals surface area contributed by atoms with E-state index in [1.807, 2.05) is 6.08 Å². The average Bonchev–Trinajstić information content (AvgIpc) is 3.61. The maximum atomic E-state index is 13.6. The number of allylic oxidation sites excluding steroid dienone is 6. The molecule has 3 aromatic rings. The summed E-state index contributed by atoms with van der Waals surface area (Å²) >= 11 is 0. The number of carbonyl (C=O) groups excluding carboxylic acids is 3. The van der Waals surface area contributed by atoms with Crippen molar-refractivity contribution in [2.24, 2.45) is 10.5 Å². The Balaban J connectivity index is 1.49. The van der Waals surface area contributed by atoms with E-state index in [0.717, 1.165) is 20.8 Å². The van der Waals surface area contributed by atoms with E-state index in [2.05, 4.69) is 24.0 Å². The summed E-state index contributed by atoms with van der Waals surface area (Å²) in [7, 11) is 0. The van der Waals surface area contributed by atoms with Crippen LogP contribution in [0, 0.1) is 5.41 Å². The highest BCUT2D eigenvalue weighted by atomic mass is 16.5. The van der Waals surface area contributed by atoms with E-state index in [1.54, 1.807) is 32.1 Å². The third-order valence-corrected chi connectivity index (χ3v) is 8.09. The number of anilines is 1. The Bertz CT molecular complexity index is 2100. The van der Waals surface area contributed by atoms with Crippen LogP contribution in [0.1, 0.15) is 77.3 Å². The fourth-order valence-electron chi connectivity index (χ4n) is 5.79. The molecule has 0 radical (unpaired) electrons. The Morgan fingerprint density at radius 2 is 1.40 bits per heavy atom. The lowest BCUT2D eigenvalue weighted by Gasteiger charge is -2.30. The zero-order valence-electron chi connectivity index (χ0n) is 28.8. The van der Waals surface area contributed by atoms with Gasteiger partial charge in [-0.3, -0.25) is 4.79 Å². The van der Waals surface area contributed by atoms with E-state index in [0.29, 0.717) is 18.5 Å². The number of aromatic carboxylic acids is 2. The van der Waals surface area contributed by atoms with Crippen LogP contribution in [0.15, 0.2) is 94.7 Å². The number of carboxylic acid groups (broad SMARTS) is 2. The number of hydrogen-bond acceptors (Lipinski definition) is 10. The molecule has 0 saturated carbocycles. The largest absolute Gasteiger partial charge is 0.493 e. The molecule has 2 aromatic carbocycles. The predicted octanol–water partition coefficient (Wildman–Crippen LogP) is 5.73. The first-order chi connectivity index (χ1) is 24.7. The SMILES string of the molecule is CCOC(=O)C1=NN(c2ccc(C(=O)O)cc2)C(=O)/C1=C/C=C1C=C(/C=C/c2c(C(=O)OCC)nn(-c3ccc(C(=O)O)cc3)c2O)CC(C)(C)C/1. The summed E-state index contributed by atoms with van der Waals surface area (Å²) < 4.78 is 11.5.